The van der Waals surface area contributed by atoms with Crippen molar-refractivity contribution in [2.24, 2.45) is 0 Å². The summed E-state index contributed by atoms with van der Waals surface area (Å²) in [6, 6.07) is 1.63. The molecule has 0 saturated carbocycles. The lowest BCUT2D eigenvalue weighted by Crippen LogP contribution is -2.30. The number of aryl methyl sites for hydroxylation is 1. The Bertz CT molecular complexity index is 469. The number of nitrogens with zero attached hydrogens (tertiary/aromatic N) is 3. The van der Waals surface area contributed by atoms with Gasteiger partial charge in [0, 0.05) is 32.6 Å². The topological polar surface area (TPSA) is 56.6 Å². The summed E-state index contributed by atoms with van der Waals surface area (Å²) in [5.41, 5.74) is 0.777. The highest BCUT2D eigenvalue weighted by Gasteiger charge is 2.14. The van der Waals surface area contributed by atoms with Crippen molar-refractivity contribution in [1.82, 2.24) is 9.78 Å². The molecular formula is C14H23N3O3. The van der Waals surface area contributed by atoms with Crippen molar-refractivity contribution in [3.8, 4) is 0 Å². The molecule has 2 heterocycles. The molecule has 0 bridgehead atoms. The molecule has 20 heavy (non-hydrogen) atoms. The van der Waals surface area contributed by atoms with Gasteiger partial charge in [-0.1, -0.05) is 6.92 Å². The van der Waals surface area contributed by atoms with E-state index in [1.165, 1.54) is 4.68 Å². The molecule has 1 aromatic heterocycles. The van der Waals surface area contributed by atoms with Gasteiger partial charge in [0.25, 0.3) is 5.56 Å². The van der Waals surface area contributed by atoms with Crippen molar-refractivity contribution in [3.63, 3.8) is 0 Å². The summed E-state index contributed by atoms with van der Waals surface area (Å²) in [4.78, 5) is 14.0. The van der Waals surface area contributed by atoms with E-state index in [-0.39, 0.29) is 11.8 Å². The highest BCUT2D eigenvalue weighted by molar-refractivity contribution is 5.41. The van der Waals surface area contributed by atoms with Crippen LogP contribution in [0.4, 0.5) is 5.69 Å². The van der Waals surface area contributed by atoms with E-state index in [9.17, 15) is 4.79 Å². The Hall–Kier alpha value is -1.40. The largest absolute Gasteiger partial charge is 0.373 e. The van der Waals surface area contributed by atoms with Gasteiger partial charge in [0.1, 0.15) is 0 Å². The van der Waals surface area contributed by atoms with Gasteiger partial charge >= 0.3 is 0 Å². The molecular weight excluding hydrogens is 258 g/mol. The Morgan fingerprint density at radius 1 is 1.45 bits per heavy atom. The number of hydrogen-bond donors (Lipinski definition) is 0. The smallest absolute Gasteiger partial charge is 0.268 e. The number of anilines is 1. The number of rotatable bonds is 6. The van der Waals surface area contributed by atoms with Gasteiger partial charge in [-0.05, 0) is 12.8 Å². The lowest BCUT2D eigenvalue weighted by molar-refractivity contribution is -0.182. The fourth-order valence-electron chi connectivity index (χ4n) is 2.20. The summed E-state index contributed by atoms with van der Waals surface area (Å²) >= 11 is 0. The molecule has 1 aromatic rings. The maximum absolute atomic E-state index is 12.0. The first kappa shape index (κ1) is 15.0. The molecule has 0 radical (unpaired) electrons. The van der Waals surface area contributed by atoms with E-state index in [1.807, 2.05) is 11.9 Å². The van der Waals surface area contributed by atoms with Gasteiger partial charge in [-0.2, -0.15) is 5.10 Å². The minimum Gasteiger partial charge on any atom is -0.373 e. The predicted octanol–water partition coefficient (Wildman–Crippen LogP) is 1.24. The van der Waals surface area contributed by atoms with Gasteiger partial charge in [-0.15, -0.1) is 0 Å². The van der Waals surface area contributed by atoms with Gasteiger partial charge < -0.3 is 14.4 Å². The van der Waals surface area contributed by atoms with Crippen LogP contribution >= 0.6 is 0 Å². The molecule has 0 atom stereocenters. The van der Waals surface area contributed by atoms with E-state index in [1.54, 1.807) is 12.3 Å². The molecule has 1 aliphatic rings. The molecule has 2 rings (SSSR count). The van der Waals surface area contributed by atoms with Crippen LogP contribution in [0.15, 0.2) is 17.1 Å². The third-order valence-electron chi connectivity index (χ3n) is 3.33. The van der Waals surface area contributed by atoms with Crippen molar-refractivity contribution in [2.45, 2.75) is 39.0 Å². The zero-order valence-corrected chi connectivity index (χ0v) is 12.2. The van der Waals surface area contributed by atoms with Gasteiger partial charge in [0.05, 0.1) is 25.1 Å². The van der Waals surface area contributed by atoms with Crippen molar-refractivity contribution in [1.29, 1.82) is 0 Å². The van der Waals surface area contributed by atoms with Crippen LogP contribution in [0, 0.1) is 0 Å². The molecule has 1 fully saturated rings. The molecule has 0 unspecified atom stereocenters. The second-order valence-electron chi connectivity index (χ2n) is 5.01. The normalized spacial score (nSPS) is 16.3. The van der Waals surface area contributed by atoms with Crippen LogP contribution in [0.1, 0.15) is 26.2 Å². The Labute approximate surface area is 119 Å². The average Bonchev–Trinajstić information content (AvgIpc) is 2.47. The zero-order valence-electron chi connectivity index (χ0n) is 12.2. The van der Waals surface area contributed by atoms with Crippen LogP contribution in [0.25, 0.3) is 0 Å². The van der Waals surface area contributed by atoms with E-state index in [0.717, 1.165) is 38.3 Å². The molecule has 1 saturated heterocycles. The summed E-state index contributed by atoms with van der Waals surface area (Å²) in [5, 5.41) is 4.22. The Balaban J connectivity index is 1.93. The number of aromatic nitrogens is 2. The third kappa shape index (κ3) is 4.05. The van der Waals surface area contributed by atoms with E-state index in [2.05, 4.69) is 12.0 Å². The second-order valence-corrected chi connectivity index (χ2v) is 5.01. The molecule has 112 valence electrons. The maximum atomic E-state index is 12.0. The fourth-order valence-corrected chi connectivity index (χ4v) is 2.20. The average molecular weight is 281 g/mol. The first-order chi connectivity index (χ1) is 9.70. The Kier molecular flexibility index (Phi) is 5.55. The maximum Gasteiger partial charge on any atom is 0.268 e. The first-order valence-corrected chi connectivity index (χ1v) is 7.22. The minimum absolute atomic E-state index is 0.0822. The van der Waals surface area contributed by atoms with E-state index in [4.69, 9.17) is 9.47 Å². The second kappa shape index (κ2) is 7.40. The molecule has 0 N–H and O–H groups in total. The SMILES string of the molecule is CCCN(C)c1cnn(CCC2OCCCO2)c(=O)c1. The first-order valence-electron chi connectivity index (χ1n) is 7.22. The molecule has 6 nitrogen and oxygen atoms in total. The molecule has 0 amide bonds. The van der Waals surface area contributed by atoms with E-state index < -0.39 is 0 Å². The van der Waals surface area contributed by atoms with Gasteiger partial charge in [0.15, 0.2) is 6.29 Å². The minimum atomic E-state index is -0.208. The zero-order chi connectivity index (χ0) is 14.4. The van der Waals surface area contributed by atoms with Crippen LogP contribution in [0.3, 0.4) is 0 Å². The van der Waals surface area contributed by atoms with Crippen molar-refractivity contribution in [3.05, 3.63) is 22.6 Å². The van der Waals surface area contributed by atoms with E-state index >= 15 is 0 Å². The summed E-state index contributed by atoms with van der Waals surface area (Å²) < 4.78 is 12.4. The van der Waals surface area contributed by atoms with Crippen molar-refractivity contribution < 1.29 is 9.47 Å². The highest BCUT2D eigenvalue weighted by Crippen LogP contribution is 2.10. The monoisotopic (exact) mass is 281 g/mol. The van der Waals surface area contributed by atoms with Gasteiger partial charge in [0.2, 0.25) is 0 Å². The van der Waals surface area contributed by atoms with Crippen molar-refractivity contribution >= 4 is 5.69 Å². The summed E-state index contributed by atoms with van der Waals surface area (Å²) in [6.07, 6.45) is 4.15. The molecule has 0 spiro atoms. The number of hydrogen-bond acceptors (Lipinski definition) is 5. The van der Waals surface area contributed by atoms with Crippen LogP contribution in [0.2, 0.25) is 0 Å². The molecule has 0 aliphatic carbocycles. The fraction of sp³-hybridized carbons (Fsp3) is 0.714. The molecule has 1 aliphatic heterocycles. The lowest BCUT2D eigenvalue weighted by Gasteiger charge is -2.23. The van der Waals surface area contributed by atoms with Gasteiger partial charge in [-0.25, -0.2) is 4.68 Å². The van der Waals surface area contributed by atoms with Crippen LogP contribution < -0.4 is 10.5 Å². The Morgan fingerprint density at radius 3 is 2.85 bits per heavy atom. The summed E-state index contributed by atoms with van der Waals surface area (Å²) in [5.74, 6) is 0. The van der Waals surface area contributed by atoms with Crippen molar-refractivity contribution in [2.75, 3.05) is 31.7 Å². The lowest BCUT2D eigenvalue weighted by atomic mass is 10.3. The van der Waals surface area contributed by atoms with Crippen LogP contribution in [-0.2, 0) is 16.0 Å². The number of ether oxygens (including phenoxy) is 2. The quantitative estimate of drug-likeness (QED) is 0.785. The van der Waals surface area contributed by atoms with E-state index in [0.29, 0.717) is 13.0 Å². The predicted molar refractivity (Wildman–Crippen MR) is 77.0 cm³/mol. The van der Waals surface area contributed by atoms with Crippen LogP contribution in [0.5, 0.6) is 0 Å². The Morgan fingerprint density at radius 2 is 2.20 bits per heavy atom. The van der Waals surface area contributed by atoms with Crippen LogP contribution in [-0.4, -0.2) is 42.9 Å². The highest BCUT2D eigenvalue weighted by atomic mass is 16.7. The summed E-state index contributed by atoms with van der Waals surface area (Å²) in [6.45, 7) is 4.99. The summed E-state index contributed by atoms with van der Waals surface area (Å²) in [7, 11) is 1.97. The molecule has 0 aromatic carbocycles. The molecule has 6 heteroatoms. The third-order valence-corrected chi connectivity index (χ3v) is 3.33. The van der Waals surface area contributed by atoms with Gasteiger partial charge in [-0.3, -0.25) is 4.79 Å². The standard InChI is InChI=1S/C14H23N3O3/c1-3-6-16(2)12-10-13(18)17(15-11-12)7-5-14-19-8-4-9-20-14/h10-11,14H,3-9H2,1-2H3.